The molecule has 2 fully saturated rings. The van der Waals surface area contributed by atoms with Gasteiger partial charge in [0, 0.05) is 17.3 Å². The first-order chi connectivity index (χ1) is 11.1. The van der Waals surface area contributed by atoms with Crippen LogP contribution in [0.3, 0.4) is 0 Å². The van der Waals surface area contributed by atoms with Gasteiger partial charge in [0.25, 0.3) is 0 Å². The molecule has 4 atom stereocenters. The summed E-state index contributed by atoms with van der Waals surface area (Å²) in [6.45, 7) is 0. The number of fused-ring (bicyclic) bond motifs is 4. The number of benzene rings is 1. The zero-order valence-corrected chi connectivity index (χ0v) is 13.4. The Labute approximate surface area is 137 Å². The summed E-state index contributed by atoms with van der Waals surface area (Å²) >= 11 is 1.68. The molecule has 0 aliphatic carbocycles. The van der Waals surface area contributed by atoms with Gasteiger partial charge >= 0.3 is 0 Å². The molecular weight excluding hydrogens is 314 g/mol. The van der Waals surface area contributed by atoms with Gasteiger partial charge in [0.15, 0.2) is 0 Å². The molecule has 6 nitrogen and oxygen atoms in total. The van der Waals surface area contributed by atoms with Crippen LogP contribution in [0, 0.1) is 11.8 Å². The SMILES string of the molecule is CSCC[C@@H]1N[C@@]2(C(=O)Nc3ccccc32)[C@@H]2C(=O)NC(=O)[C@H]12. The van der Waals surface area contributed by atoms with E-state index in [9.17, 15) is 14.4 Å². The van der Waals surface area contributed by atoms with Gasteiger partial charge in [0.2, 0.25) is 17.7 Å². The lowest BCUT2D eigenvalue weighted by molar-refractivity contribution is -0.132. The van der Waals surface area contributed by atoms with Crippen LogP contribution < -0.4 is 16.0 Å². The molecule has 1 aromatic carbocycles. The van der Waals surface area contributed by atoms with Crippen molar-refractivity contribution in [2.24, 2.45) is 11.8 Å². The Balaban J connectivity index is 1.84. The van der Waals surface area contributed by atoms with E-state index in [4.69, 9.17) is 0 Å². The summed E-state index contributed by atoms with van der Waals surface area (Å²) in [5.74, 6) is -1.19. The van der Waals surface area contributed by atoms with Crippen LogP contribution in [0.15, 0.2) is 24.3 Å². The van der Waals surface area contributed by atoms with Crippen LogP contribution in [-0.4, -0.2) is 35.8 Å². The highest BCUT2D eigenvalue weighted by Gasteiger charge is 2.68. The summed E-state index contributed by atoms with van der Waals surface area (Å²) < 4.78 is 0. The van der Waals surface area contributed by atoms with Crippen molar-refractivity contribution in [3.05, 3.63) is 29.8 Å². The van der Waals surface area contributed by atoms with Gasteiger partial charge in [-0.2, -0.15) is 11.8 Å². The van der Waals surface area contributed by atoms with Crippen molar-refractivity contribution in [3.8, 4) is 0 Å². The van der Waals surface area contributed by atoms with Crippen molar-refractivity contribution in [3.63, 3.8) is 0 Å². The normalized spacial score (nSPS) is 34.5. The van der Waals surface area contributed by atoms with Crippen molar-refractivity contribution in [2.45, 2.75) is 18.0 Å². The molecule has 0 aromatic heterocycles. The minimum Gasteiger partial charge on any atom is -0.324 e. The van der Waals surface area contributed by atoms with Gasteiger partial charge in [0.05, 0.1) is 11.8 Å². The molecule has 3 aliphatic rings. The lowest BCUT2D eigenvalue weighted by Crippen LogP contribution is -2.52. The third kappa shape index (κ3) is 1.83. The quantitative estimate of drug-likeness (QED) is 0.700. The summed E-state index contributed by atoms with van der Waals surface area (Å²) in [5, 5.41) is 8.64. The van der Waals surface area contributed by atoms with Gasteiger partial charge in [-0.05, 0) is 24.5 Å². The molecule has 0 radical (unpaired) electrons. The average Bonchev–Trinajstić information content (AvgIpc) is 3.12. The second kappa shape index (κ2) is 5.07. The van der Waals surface area contributed by atoms with Crippen LogP contribution in [0.25, 0.3) is 0 Å². The number of amides is 3. The van der Waals surface area contributed by atoms with Crippen LogP contribution in [0.2, 0.25) is 0 Å². The fourth-order valence-corrected chi connectivity index (χ4v) is 4.67. The highest BCUT2D eigenvalue weighted by atomic mass is 32.2. The molecule has 120 valence electrons. The monoisotopic (exact) mass is 331 g/mol. The Bertz CT molecular complexity index is 722. The van der Waals surface area contributed by atoms with Crippen LogP contribution in [0.4, 0.5) is 5.69 Å². The van der Waals surface area contributed by atoms with Crippen molar-refractivity contribution in [1.29, 1.82) is 0 Å². The van der Waals surface area contributed by atoms with Gasteiger partial charge in [-0.15, -0.1) is 0 Å². The van der Waals surface area contributed by atoms with Gasteiger partial charge in [-0.3, -0.25) is 25.0 Å². The second-order valence-corrected chi connectivity index (χ2v) is 7.18. The molecular formula is C16H17N3O3S. The topological polar surface area (TPSA) is 87.3 Å². The number of carbonyl (C=O) groups is 3. The maximum atomic E-state index is 12.8. The Hall–Kier alpha value is -1.86. The van der Waals surface area contributed by atoms with Crippen molar-refractivity contribution in [1.82, 2.24) is 10.6 Å². The molecule has 2 saturated heterocycles. The minimum atomic E-state index is -1.14. The van der Waals surface area contributed by atoms with E-state index in [1.165, 1.54) is 0 Å². The van der Waals surface area contributed by atoms with E-state index in [0.717, 1.165) is 17.7 Å². The molecule has 4 rings (SSSR count). The third-order valence-electron chi connectivity index (χ3n) is 5.10. The number of imide groups is 1. The number of anilines is 1. The molecule has 3 N–H and O–H groups in total. The standard InChI is InChI=1S/C16H17N3O3S/c1-23-7-6-10-11-12(14(21)18-13(11)20)16(19-10)8-4-2-3-5-9(8)17-15(16)22/h2-5,10-12,19H,6-7H2,1H3,(H,17,22)(H,18,20,21)/t10-,11+,12-,16+/m0/s1. The second-order valence-electron chi connectivity index (χ2n) is 6.20. The molecule has 0 unspecified atom stereocenters. The lowest BCUT2D eigenvalue weighted by atomic mass is 9.76. The predicted molar refractivity (Wildman–Crippen MR) is 86.8 cm³/mol. The number of nitrogens with one attached hydrogen (secondary N) is 3. The maximum Gasteiger partial charge on any atom is 0.250 e. The largest absolute Gasteiger partial charge is 0.324 e. The van der Waals surface area contributed by atoms with E-state index in [1.54, 1.807) is 11.8 Å². The molecule has 1 spiro atoms. The number of thioether (sulfide) groups is 1. The van der Waals surface area contributed by atoms with Crippen LogP contribution >= 0.6 is 11.8 Å². The zero-order valence-electron chi connectivity index (χ0n) is 12.6. The van der Waals surface area contributed by atoms with Crippen LogP contribution in [0.1, 0.15) is 12.0 Å². The summed E-state index contributed by atoms with van der Waals surface area (Å²) in [6, 6.07) is 7.18. The predicted octanol–water partition coefficient (Wildman–Crippen LogP) is 0.448. The van der Waals surface area contributed by atoms with Gasteiger partial charge in [-0.25, -0.2) is 0 Å². The zero-order chi connectivity index (χ0) is 16.2. The smallest absolute Gasteiger partial charge is 0.250 e. The van der Waals surface area contributed by atoms with Gasteiger partial charge in [-0.1, -0.05) is 18.2 Å². The highest BCUT2D eigenvalue weighted by molar-refractivity contribution is 7.98. The summed E-state index contributed by atoms with van der Waals surface area (Å²) in [6.07, 6.45) is 2.74. The number of hydrogen-bond acceptors (Lipinski definition) is 5. The van der Waals surface area contributed by atoms with Crippen LogP contribution in [0.5, 0.6) is 0 Å². The Morgan fingerprint density at radius 1 is 1.13 bits per heavy atom. The Morgan fingerprint density at radius 3 is 2.70 bits per heavy atom. The Kier molecular flexibility index (Phi) is 3.24. The first kappa shape index (κ1) is 14.7. The number of rotatable bonds is 3. The maximum absolute atomic E-state index is 12.8. The minimum absolute atomic E-state index is 0.184. The van der Waals surface area contributed by atoms with E-state index >= 15 is 0 Å². The first-order valence-corrected chi connectivity index (χ1v) is 9.01. The fraction of sp³-hybridized carbons (Fsp3) is 0.438. The van der Waals surface area contributed by atoms with E-state index in [2.05, 4.69) is 16.0 Å². The fourth-order valence-electron chi connectivity index (χ4n) is 4.18. The molecule has 23 heavy (non-hydrogen) atoms. The third-order valence-corrected chi connectivity index (χ3v) is 5.74. The van der Waals surface area contributed by atoms with Crippen molar-refractivity contribution >= 4 is 35.2 Å². The van der Waals surface area contributed by atoms with E-state index in [-0.39, 0.29) is 23.8 Å². The van der Waals surface area contributed by atoms with E-state index in [0.29, 0.717) is 5.69 Å². The summed E-state index contributed by atoms with van der Waals surface area (Å²) in [5.41, 5.74) is 0.332. The molecule has 0 saturated carbocycles. The molecule has 3 amide bonds. The van der Waals surface area contributed by atoms with Crippen molar-refractivity contribution in [2.75, 3.05) is 17.3 Å². The van der Waals surface area contributed by atoms with E-state index in [1.807, 2.05) is 30.5 Å². The first-order valence-electron chi connectivity index (χ1n) is 7.62. The van der Waals surface area contributed by atoms with Gasteiger partial charge in [0.1, 0.15) is 5.54 Å². The molecule has 1 aromatic rings. The molecule has 3 heterocycles. The number of hydrogen-bond donors (Lipinski definition) is 3. The number of carbonyl (C=O) groups excluding carboxylic acids is 3. The molecule has 3 aliphatic heterocycles. The summed E-state index contributed by atoms with van der Waals surface area (Å²) in [7, 11) is 0. The number of para-hydroxylation sites is 1. The van der Waals surface area contributed by atoms with Gasteiger partial charge < -0.3 is 5.32 Å². The molecule has 7 heteroatoms. The van der Waals surface area contributed by atoms with Crippen molar-refractivity contribution < 1.29 is 14.4 Å². The Morgan fingerprint density at radius 2 is 1.91 bits per heavy atom. The van der Waals surface area contributed by atoms with E-state index < -0.39 is 17.4 Å². The average molecular weight is 331 g/mol. The highest BCUT2D eigenvalue weighted by Crippen LogP contribution is 2.51. The van der Waals surface area contributed by atoms with Crippen LogP contribution in [-0.2, 0) is 19.9 Å². The summed E-state index contributed by atoms with van der Waals surface area (Å²) in [4.78, 5) is 37.5. The lowest BCUT2D eigenvalue weighted by Gasteiger charge is -2.27. The molecule has 0 bridgehead atoms.